The number of hydrogen-bond donors (Lipinski definition) is 2. The predicted molar refractivity (Wildman–Crippen MR) is 64.1 cm³/mol. The van der Waals surface area contributed by atoms with E-state index in [-0.39, 0.29) is 5.84 Å². The van der Waals surface area contributed by atoms with Gasteiger partial charge in [-0.2, -0.15) is 11.8 Å². The van der Waals surface area contributed by atoms with Gasteiger partial charge in [0, 0.05) is 22.9 Å². The fourth-order valence-corrected chi connectivity index (χ4v) is 2.02. The molecule has 0 bridgehead atoms. The number of thioether (sulfide) groups is 1. The standard InChI is InChI=1S/C10H13ClN2S/c11-9-3-1-8(2-4-9)7-14-6-5-10(12)13/h1-4H,5-7H2,(H3,12,13). The minimum absolute atomic E-state index is 0.258. The van der Waals surface area contributed by atoms with Crippen LogP contribution in [-0.2, 0) is 5.75 Å². The summed E-state index contributed by atoms with van der Waals surface area (Å²) < 4.78 is 0. The molecule has 14 heavy (non-hydrogen) atoms. The molecule has 1 aromatic rings. The Morgan fingerprint density at radius 1 is 1.36 bits per heavy atom. The van der Waals surface area contributed by atoms with Crippen LogP contribution in [0.1, 0.15) is 12.0 Å². The molecule has 0 saturated heterocycles. The first-order chi connectivity index (χ1) is 6.68. The third-order valence-electron chi connectivity index (χ3n) is 1.70. The predicted octanol–water partition coefficient (Wildman–Crippen LogP) is 2.90. The molecule has 0 amide bonds. The van der Waals surface area contributed by atoms with Crippen LogP contribution in [0.15, 0.2) is 24.3 Å². The van der Waals surface area contributed by atoms with Gasteiger partial charge in [0.1, 0.15) is 0 Å². The van der Waals surface area contributed by atoms with Crippen LogP contribution in [0.25, 0.3) is 0 Å². The Bertz CT molecular complexity index is 297. The Morgan fingerprint density at radius 2 is 2.00 bits per heavy atom. The highest BCUT2D eigenvalue weighted by molar-refractivity contribution is 7.98. The summed E-state index contributed by atoms with van der Waals surface area (Å²) in [5, 5.41) is 7.82. The fourth-order valence-electron chi connectivity index (χ4n) is 0.953. The Labute approximate surface area is 93.3 Å². The zero-order valence-corrected chi connectivity index (χ0v) is 9.37. The summed E-state index contributed by atoms with van der Waals surface area (Å²) in [6.07, 6.45) is 0.665. The van der Waals surface area contributed by atoms with E-state index in [0.29, 0.717) is 6.42 Å². The third-order valence-corrected chi connectivity index (χ3v) is 2.98. The van der Waals surface area contributed by atoms with Crippen LogP contribution in [0.2, 0.25) is 5.02 Å². The lowest BCUT2D eigenvalue weighted by atomic mass is 10.2. The average Bonchev–Trinajstić information content (AvgIpc) is 2.15. The summed E-state index contributed by atoms with van der Waals surface area (Å²) in [5.74, 6) is 2.11. The maximum Gasteiger partial charge on any atom is 0.0913 e. The fraction of sp³-hybridized carbons (Fsp3) is 0.300. The van der Waals surface area contributed by atoms with Gasteiger partial charge in [0.2, 0.25) is 0 Å². The highest BCUT2D eigenvalue weighted by atomic mass is 35.5. The van der Waals surface area contributed by atoms with Crippen molar-refractivity contribution in [2.45, 2.75) is 12.2 Å². The molecular weight excluding hydrogens is 216 g/mol. The van der Waals surface area contributed by atoms with Gasteiger partial charge in [0.25, 0.3) is 0 Å². The second-order valence-corrected chi connectivity index (χ2v) is 4.50. The largest absolute Gasteiger partial charge is 0.388 e. The molecule has 0 aromatic heterocycles. The summed E-state index contributed by atoms with van der Waals surface area (Å²) in [6.45, 7) is 0. The SMILES string of the molecule is N=C(N)CCSCc1ccc(Cl)cc1. The van der Waals surface area contributed by atoms with Crippen molar-refractivity contribution in [2.75, 3.05) is 5.75 Å². The topological polar surface area (TPSA) is 49.9 Å². The van der Waals surface area contributed by atoms with E-state index in [1.54, 1.807) is 11.8 Å². The molecule has 0 aliphatic heterocycles. The Morgan fingerprint density at radius 3 is 2.57 bits per heavy atom. The Balaban J connectivity index is 2.25. The van der Waals surface area contributed by atoms with Gasteiger partial charge in [-0.1, -0.05) is 23.7 Å². The molecule has 0 fully saturated rings. The summed E-state index contributed by atoms with van der Waals surface area (Å²) >= 11 is 7.54. The molecule has 0 aliphatic rings. The second kappa shape index (κ2) is 5.94. The number of benzene rings is 1. The van der Waals surface area contributed by atoms with Gasteiger partial charge in [0.15, 0.2) is 0 Å². The maximum atomic E-state index is 7.05. The van der Waals surface area contributed by atoms with Crippen LogP contribution >= 0.6 is 23.4 Å². The maximum absolute atomic E-state index is 7.05. The zero-order chi connectivity index (χ0) is 10.4. The van der Waals surface area contributed by atoms with E-state index in [9.17, 15) is 0 Å². The highest BCUT2D eigenvalue weighted by Crippen LogP contribution is 2.15. The molecule has 2 nitrogen and oxygen atoms in total. The molecule has 0 radical (unpaired) electrons. The van der Waals surface area contributed by atoms with E-state index in [1.807, 2.05) is 24.3 Å². The lowest BCUT2D eigenvalue weighted by Gasteiger charge is -2.01. The van der Waals surface area contributed by atoms with Crippen LogP contribution in [0.3, 0.4) is 0 Å². The number of nitrogens with two attached hydrogens (primary N) is 1. The van der Waals surface area contributed by atoms with E-state index in [1.165, 1.54) is 5.56 Å². The summed E-state index contributed by atoms with van der Waals surface area (Å²) in [5.41, 5.74) is 6.50. The molecule has 3 N–H and O–H groups in total. The van der Waals surface area contributed by atoms with E-state index in [2.05, 4.69) is 0 Å². The molecule has 0 spiro atoms. The zero-order valence-electron chi connectivity index (χ0n) is 7.79. The van der Waals surface area contributed by atoms with Crippen molar-refractivity contribution in [3.8, 4) is 0 Å². The molecule has 0 atom stereocenters. The minimum atomic E-state index is 0.258. The molecule has 1 aromatic carbocycles. The van der Waals surface area contributed by atoms with Crippen molar-refractivity contribution in [1.82, 2.24) is 0 Å². The summed E-state index contributed by atoms with van der Waals surface area (Å²) in [6, 6.07) is 7.82. The first-order valence-corrected chi connectivity index (χ1v) is 5.87. The van der Waals surface area contributed by atoms with E-state index >= 15 is 0 Å². The molecule has 0 aliphatic carbocycles. The highest BCUT2D eigenvalue weighted by Gasteiger charge is 1.95. The molecule has 0 saturated carbocycles. The van der Waals surface area contributed by atoms with Gasteiger partial charge in [-0.15, -0.1) is 0 Å². The quantitative estimate of drug-likeness (QED) is 0.463. The van der Waals surface area contributed by atoms with Crippen LogP contribution < -0.4 is 5.73 Å². The molecule has 0 unspecified atom stereocenters. The second-order valence-electron chi connectivity index (χ2n) is 2.95. The monoisotopic (exact) mass is 228 g/mol. The molecular formula is C10H13ClN2S. The smallest absolute Gasteiger partial charge is 0.0913 e. The van der Waals surface area contributed by atoms with Crippen molar-refractivity contribution in [2.24, 2.45) is 5.73 Å². The van der Waals surface area contributed by atoms with Crippen molar-refractivity contribution >= 4 is 29.2 Å². The van der Waals surface area contributed by atoms with Crippen molar-refractivity contribution < 1.29 is 0 Å². The van der Waals surface area contributed by atoms with E-state index in [0.717, 1.165) is 16.5 Å². The van der Waals surface area contributed by atoms with Gasteiger partial charge >= 0.3 is 0 Å². The first kappa shape index (κ1) is 11.4. The van der Waals surface area contributed by atoms with Gasteiger partial charge in [0.05, 0.1) is 5.84 Å². The third kappa shape index (κ3) is 4.53. The average molecular weight is 229 g/mol. The lowest BCUT2D eigenvalue weighted by molar-refractivity contribution is 1.22. The van der Waals surface area contributed by atoms with Crippen LogP contribution in [-0.4, -0.2) is 11.6 Å². The summed E-state index contributed by atoms with van der Waals surface area (Å²) in [7, 11) is 0. The molecule has 0 heterocycles. The molecule has 76 valence electrons. The normalized spacial score (nSPS) is 10.1. The minimum Gasteiger partial charge on any atom is -0.388 e. The van der Waals surface area contributed by atoms with Gasteiger partial charge in [-0.3, -0.25) is 5.41 Å². The van der Waals surface area contributed by atoms with Gasteiger partial charge < -0.3 is 5.73 Å². The van der Waals surface area contributed by atoms with Crippen LogP contribution in [0.5, 0.6) is 0 Å². The van der Waals surface area contributed by atoms with Crippen molar-refractivity contribution in [3.63, 3.8) is 0 Å². The number of hydrogen-bond acceptors (Lipinski definition) is 2. The number of halogens is 1. The van der Waals surface area contributed by atoms with Gasteiger partial charge in [-0.25, -0.2) is 0 Å². The van der Waals surface area contributed by atoms with Crippen molar-refractivity contribution in [1.29, 1.82) is 5.41 Å². The van der Waals surface area contributed by atoms with E-state index < -0.39 is 0 Å². The number of nitrogens with one attached hydrogen (secondary N) is 1. The molecule has 1 rings (SSSR count). The number of amidine groups is 1. The molecule has 4 heteroatoms. The first-order valence-electron chi connectivity index (χ1n) is 4.33. The lowest BCUT2D eigenvalue weighted by Crippen LogP contribution is -2.09. The van der Waals surface area contributed by atoms with Crippen LogP contribution in [0, 0.1) is 5.41 Å². The van der Waals surface area contributed by atoms with Gasteiger partial charge in [-0.05, 0) is 17.7 Å². The van der Waals surface area contributed by atoms with Crippen molar-refractivity contribution in [3.05, 3.63) is 34.9 Å². The van der Waals surface area contributed by atoms with E-state index in [4.69, 9.17) is 22.7 Å². The number of rotatable bonds is 5. The summed E-state index contributed by atoms with van der Waals surface area (Å²) in [4.78, 5) is 0. The Kier molecular flexibility index (Phi) is 4.84. The Hall–Kier alpha value is -0.670. The van der Waals surface area contributed by atoms with Crippen LogP contribution in [0.4, 0.5) is 0 Å².